The van der Waals surface area contributed by atoms with E-state index < -0.39 is 10.8 Å². The molecule has 2 rings (SSSR count). The molecule has 1 unspecified atom stereocenters. The maximum Gasteiger partial charge on any atom is 0.123 e. The molecule has 0 saturated heterocycles. The summed E-state index contributed by atoms with van der Waals surface area (Å²) in [6, 6.07) is 6.89. The van der Waals surface area contributed by atoms with Gasteiger partial charge in [-0.15, -0.1) is 0 Å². The Labute approximate surface area is 118 Å². The molecule has 0 spiro atoms. The highest BCUT2D eigenvalue weighted by Gasteiger charge is 2.20. The maximum absolute atomic E-state index is 12.0. The second-order valence-corrected chi connectivity index (χ2v) is 7.37. The fourth-order valence-electron chi connectivity index (χ4n) is 1.92. The summed E-state index contributed by atoms with van der Waals surface area (Å²) in [4.78, 5) is 0. The van der Waals surface area contributed by atoms with Crippen molar-refractivity contribution in [2.75, 3.05) is 7.11 Å². The van der Waals surface area contributed by atoms with Gasteiger partial charge in [0.1, 0.15) is 5.75 Å². The largest absolute Gasteiger partial charge is 0.496 e. The molecule has 1 fully saturated rings. The van der Waals surface area contributed by atoms with Gasteiger partial charge in [-0.25, -0.2) is 0 Å². The van der Waals surface area contributed by atoms with Crippen LogP contribution in [0.5, 0.6) is 5.75 Å². The molecule has 1 saturated carbocycles. The Morgan fingerprint density at radius 3 is 2.74 bits per heavy atom. The van der Waals surface area contributed by atoms with Crippen LogP contribution >= 0.6 is 0 Å². The van der Waals surface area contributed by atoms with Crippen molar-refractivity contribution in [3.63, 3.8) is 0 Å². The van der Waals surface area contributed by atoms with Crippen molar-refractivity contribution in [2.24, 2.45) is 0 Å². The maximum atomic E-state index is 12.0. The fraction of sp³-hybridized carbons (Fsp3) is 0.600. The van der Waals surface area contributed by atoms with Gasteiger partial charge in [0, 0.05) is 34.2 Å². The zero-order valence-electron chi connectivity index (χ0n) is 11.9. The molecule has 0 amide bonds. The minimum absolute atomic E-state index is 0.179. The zero-order valence-corrected chi connectivity index (χ0v) is 12.8. The summed E-state index contributed by atoms with van der Waals surface area (Å²) in [7, 11) is 0.822. The van der Waals surface area contributed by atoms with Crippen molar-refractivity contribution in [2.45, 2.75) is 50.3 Å². The van der Waals surface area contributed by atoms with Gasteiger partial charge in [0.05, 0.1) is 12.9 Å². The molecular formula is C15H23NO2S. The van der Waals surface area contributed by atoms with Crippen LogP contribution in [0.4, 0.5) is 0 Å². The van der Waals surface area contributed by atoms with Crippen molar-refractivity contribution in [3.05, 3.63) is 29.3 Å². The molecule has 1 aromatic rings. The summed E-state index contributed by atoms with van der Waals surface area (Å²) in [6.45, 7) is 4.86. The summed E-state index contributed by atoms with van der Waals surface area (Å²) in [5.74, 6) is 1.40. The van der Waals surface area contributed by atoms with E-state index in [0.717, 1.165) is 17.9 Å². The summed E-state index contributed by atoms with van der Waals surface area (Å²) in [6.07, 6.45) is 2.58. The Balaban J connectivity index is 2.08. The first kappa shape index (κ1) is 14.5. The minimum atomic E-state index is -0.844. The average molecular weight is 281 g/mol. The summed E-state index contributed by atoms with van der Waals surface area (Å²) >= 11 is 0. The van der Waals surface area contributed by atoms with E-state index in [4.69, 9.17) is 4.74 Å². The molecule has 0 aliphatic heterocycles. The van der Waals surface area contributed by atoms with E-state index in [1.807, 2.05) is 19.9 Å². The lowest BCUT2D eigenvalue weighted by molar-refractivity contribution is 0.411. The van der Waals surface area contributed by atoms with Crippen LogP contribution in [0.1, 0.15) is 37.8 Å². The van der Waals surface area contributed by atoms with E-state index in [1.165, 1.54) is 18.4 Å². The number of nitrogens with one attached hydrogen (secondary N) is 1. The van der Waals surface area contributed by atoms with Crippen molar-refractivity contribution in [1.82, 2.24) is 5.32 Å². The number of ether oxygens (including phenoxy) is 1. The number of benzene rings is 1. The van der Waals surface area contributed by atoms with Crippen molar-refractivity contribution >= 4 is 10.8 Å². The van der Waals surface area contributed by atoms with Gasteiger partial charge in [-0.2, -0.15) is 0 Å². The second kappa shape index (κ2) is 6.53. The van der Waals surface area contributed by atoms with Crippen molar-refractivity contribution in [1.29, 1.82) is 0 Å². The summed E-state index contributed by atoms with van der Waals surface area (Å²) in [5, 5.41) is 3.68. The van der Waals surface area contributed by atoms with E-state index in [2.05, 4.69) is 17.4 Å². The Morgan fingerprint density at radius 1 is 1.42 bits per heavy atom. The normalized spacial score (nSPS) is 16.6. The SMILES string of the molecule is COc1ccc(CNC2CC2)cc1CS(=O)C(C)C. The van der Waals surface area contributed by atoms with Crippen molar-refractivity contribution < 1.29 is 8.95 Å². The first-order chi connectivity index (χ1) is 9.10. The van der Waals surface area contributed by atoms with Crippen molar-refractivity contribution in [3.8, 4) is 5.75 Å². The van der Waals surface area contributed by atoms with Gasteiger partial charge in [-0.3, -0.25) is 4.21 Å². The van der Waals surface area contributed by atoms with Crippen LogP contribution in [0.3, 0.4) is 0 Å². The average Bonchev–Trinajstić information content (AvgIpc) is 3.20. The van der Waals surface area contributed by atoms with Gasteiger partial charge < -0.3 is 10.1 Å². The molecule has 1 aromatic carbocycles. The molecule has 106 valence electrons. The lowest BCUT2D eigenvalue weighted by Gasteiger charge is -2.12. The minimum Gasteiger partial charge on any atom is -0.496 e. The molecule has 1 atom stereocenters. The van der Waals surface area contributed by atoms with Gasteiger partial charge in [-0.05, 0) is 30.5 Å². The molecule has 0 bridgehead atoms. The lowest BCUT2D eigenvalue weighted by atomic mass is 10.1. The van der Waals surface area contributed by atoms with Crippen LogP contribution in [-0.4, -0.2) is 22.6 Å². The number of rotatable bonds is 7. The lowest BCUT2D eigenvalue weighted by Crippen LogP contribution is -2.15. The van der Waals surface area contributed by atoms with Gasteiger partial charge >= 0.3 is 0 Å². The molecule has 0 aromatic heterocycles. The Kier molecular flexibility index (Phi) is 4.99. The smallest absolute Gasteiger partial charge is 0.123 e. The van der Waals surface area contributed by atoms with Crippen LogP contribution in [0.15, 0.2) is 18.2 Å². The number of methoxy groups -OCH3 is 1. The third-order valence-corrected chi connectivity index (χ3v) is 4.99. The molecule has 19 heavy (non-hydrogen) atoms. The summed E-state index contributed by atoms with van der Waals surface area (Å²) < 4.78 is 17.4. The molecule has 1 aliphatic carbocycles. The third-order valence-electron chi connectivity index (χ3n) is 3.34. The Bertz CT molecular complexity index is 455. The number of hydrogen-bond acceptors (Lipinski definition) is 3. The van der Waals surface area contributed by atoms with Crippen LogP contribution in [0, 0.1) is 0 Å². The molecule has 0 heterocycles. The third kappa shape index (κ3) is 4.32. The predicted molar refractivity (Wildman–Crippen MR) is 79.8 cm³/mol. The molecule has 1 N–H and O–H groups in total. The van der Waals surface area contributed by atoms with Crippen LogP contribution < -0.4 is 10.1 Å². The van der Waals surface area contributed by atoms with E-state index >= 15 is 0 Å². The highest BCUT2D eigenvalue weighted by atomic mass is 32.2. The Hall–Kier alpha value is -0.870. The predicted octanol–water partition coefficient (Wildman–Crippen LogP) is 2.60. The Morgan fingerprint density at radius 2 is 2.16 bits per heavy atom. The van der Waals surface area contributed by atoms with Gasteiger partial charge in [0.25, 0.3) is 0 Å². The van der Waals surface area contributed by atoms with Crippen LogP contribution in [0.25, 0.3) is 0 Å². The highest BCUT2D eigenvalue weighted by Crippen LogP contribution is 2.24. The second-order valence-electron chi connectivity index (χ2n) is 5.38. The van der Waals surface area contributed by atoms with Gasteiger partial charge in [-0.1, -0.05) is 19.9 Å². The highest BCUT2D eigenvalue weighted by molar-refractivity contribution is 7.84. The van der Waals surface area contributed by atoms with E-state index in [9.17, 15) is 4.21 Å². The van der Waals surface area contributed by atoms with E-state index in [0.29, 0.717) is 11.8 Å². The molecule has 3 nitrogen and oxygen atoms in total. The summed E-state index contributed by atoms with van der Waals surface area (Å²) in [5.41, 5.74) is 2.29. The number of hydrogen-bond donors (Lipinski definition) is 1. The fourth-order valence-corrected chi connectivity index (χ4v) is 2.79. The van der Waals surface area contributed by atoms with E-state index in [-0.39, 0.29) is 5.25 Å². The van der Waals surface area contributed by atoms with Gasteiger partial charge in [0.15, 0.2) is 0 Å². The first-order valence-electron chi connectivity index (χ1n) is 6.86. The quantitative estimate of drug-likeness (QED) is 0.835. The van der Waals surface area contributed by atoms with Gasteiger partial charge in [0.2, 0.25) is 0 Å². The van der Waals surface area contributed by atoms with Crippen LogP contribution in [0.2, 0.25) is 0 Å². The standard InChI is InChI=1S/C15H23NO2S/c1-11(2)19(17)10-13-8-12(4-7-15(13)18-3)9-16-14-5-6-14/h4,7-8,11,14,16H,5-6,9-10H2,1-3H3. The van der Waals surface area contributed by atoms with E-state index in [1.54, 1.807) is 7.11 Å². The molecule has 0 radical (unpaired) electrons. The molecular weight excluding hydrogens is 258 g/mol. The zero-order chi connectivity index (χ0) is 13.8. The monoisotopic (exact) mass is 281 g/mol. The topological polar surface area (TPSA) is 38.3 Å². The molecule has 4 heteroatoms. The first-order valence-corrected chi connectivity index (χ1v) is 8.24. The molecule has 1 aliphatic rings. The van der Waals surface area contributed by atoms with Crippen LogP contribution in [-0.2, 0) is 23.1 Å².